The summed E-state index contributed by atoms with van der Waals surface area (Å²) >= 11 is 0. The molecular weight excluding hydrogens is 381 g/mol. The van der Waals surface area contributed by atoms with Gasteiger partial charge in [-0.2, -0.15) is 0 Å². The standard InChI is InChI=1S/C24H24FN3O2/c1-15-21(23(29)30-18-10-3-2-4-11-18)22(16-8-7-9-17(25)14-16)28-20-13-6-5-12-19(20)27-24(28)26-15/h5-9,12-14,18,22H,2-4,10-11H2,1H3,(H,26,27)/t22-/m0/s1. The molecule has 1 aliphatic carbocycles. The number of halogens is 1. The van der Waals surface area contributed by atoms with Crippen LogP contribution in [0.1, 0.15) is 50.6 Å². The fourth-order valence-corrected chi connectivity index (χ4v) is 4.62. The van der Waals surface area contributed by atoms with Gasteiger partial charge in [0.05, 0.1) is 22.6 Å². The van der Waals surface area contributed by atoms with Crippen molar-refractivity contribution in [2.24, 2.45) is 0 Å². The Morgan fingerprint density at radius 2 is 1.93 bits per heavy atom. The minimum absolute atomic E-state index is 0.0550. The number of nitrogens with zero attached hydrogens (tertiary/aromatic N) is 2. The molecule has 0 unspecified atom stereocenters. The van der Waals surface area contributed by atoms with Gasteiger partial charge in [-0.25, -0.2) is 14.2 Å². The SMILES string of the molecule is CC1=C(C(=O)OC2CCCCC2)[C@H](c2cccc(F)c2)n2c(nc3ccccc32)N1. The first-order valence-corrected chi connectivity index (χ1v) is 10.5. The van der Waals surface area contributed by atoms with Crippen LogP contribution in [0, 0.1) is 5.82 Å². The highest BCUT2D eigenvalue weighted by Gasteiger charge is 2.36. The topological polar surface area (TPSA) is 56.2 Å². The molecule has 2 aromatic carbocycles. The maximum atomic E-state index is 14.2. The minimum Gasteiger partial charge on any atom is -0.459 e. The molecule has 2 aliphatic rings. The third kappa shape index (κ3) is 3.26. The Morgan fingerprint density at radius 1 is 1.13 bits per heavy atom. The van der Waals surface area contributed by atoms with Gasteiger partial charge in [-0.15, -0.1) is 0 Å². The molecule has 5 nitrogen and oxygen atoms in total. The van der Waals surface area contributed by atoms with Crippen LogP contribution >= 0.6 is 0 Å². The lowest BCUT2D eigenvalue weighted by atomic mass is 9.94. The van der Waals surface area contributed by atoms with E-state index in [-0.39, 0.29) is 17.9 Å². The first-order chi connectivity index (χ1) is 14.6. The number of anilines is 1. The number of nitrogens with one attached hydrogen (secondary N) is 1. The number of hydrogen-bond donors (Lipinski definition) is 1. The maximum Gasteiger partial charge on any atom is 0.338 e. The van der Waals surface area contributed by atoms with E-state index in [4.69, 9.17) is 4.74 Å². The Morgan fingerprint density at radius 3 is 2.73 bits per heavy atom. The summed E-state index contributed by atoms with van der Waals surface area (Å²) in [5.41, 5.74) is 3.58. The van der Waals surface area contributed by atoms with Crippen LogP contribution < -0.4 is 5.32 Å². The average molecular weight is 405 g/mol. The molecule has 1 atom stereocenters. The maximum absolute atomic E-state index is 14.2. The number of para-hydroxylation sites is 2. The summed E-state index contributed by atoms with van der Waals surface area (Å²) in [6.45, 7) is 1.85. The predicted octanol–water partition coefficient (Wildman–Crippen LogP) is 5.34. The highest BCUT2D eigenvalue weighted by molar-refractivity contribution is 5.94. The van der Waals surface area contributed by atoms with Crippen LogP contribution in [0.3, 0.4) is 0 Å². The summed E-state index contributed by atoms with van der Waals surface area (Å²) in [5.74, 6) is -0.0450. The Bertz CT molecular complexity index is 1140. The second-order valence-electron chi connectivity index (χ2n) is 8.08. The molecule has 0 radical (unpaired) electrons. The van der Waals surface area contributed by atoms with E-state index in [0.717, 1.165) is 36.7 Å². The van der Waals surface area contributed by atoms with Crippen molar-refractivity contribution in [3.63, 3.8) is 0 Å². The van der Waals surface area contributed by atoms with Crippen molar-refractivity contribution in [3.8, 4) is 0 Å². The number of aromatic nitrogens is 2. The molecular formula is C24H24FN3O2. The van der Waals surface area contributed by atoms with E-state index in [1.807, 2.05) is 41.8 Å². The quantitative estimate of drug-likeness (QED) is 0.598. The summed E-state index contributed by atoms with van der Waals surface area (Å²) in [4.78, 5) is 18.0. The summed E-state index contributed by atoms with van der Waals surface area (Å²) in [6.07, 6.45) is 5.09. The Kier molecular flexibility index (Phi) is 4.77. The monoisotopic (exact) mass is 405 g/mol. The molecule has 1 N–H and O–H groups in total. The van der Waals surface area contributed by atoms with Crippen LogP contribution in [0.4, 0.5) is 10.3 Å². The zero-order valence-corrected chi connectivity index (χ0v) is 16.9. The second-order valence-corrected chi connectivity index (χ2v) is 8.08. The van der Waals surface area contributed by atoms with Crippen LogP contribution in [0.25, 0.3) is 11.0 Å². The van der Waals surface area contributed by atoms with Gasteiger partial charge in [-0.05, 0) is 62.4 Å². The number of fused-ring (bicyclic) bond motifs is 3. The number of rotatable bonds is 3. The van der Waals surface area contributed by atoms with Gasteiger partial charge >= 0.3 is 5.97 Å². The molecule has 1 fully saturated rings. The highest BCUT2D eigenvalue weighted by atomic mass is 19.1. The van der Waals surface area contributed by atoms with Crippen molar-refractivity contribution >= 4 is 23.0 Å². The third-order valence-electron chi connectivity index (χ3n) is 6.04. The summed E-state index contributed by atoms with van der Waals surface area (Å²) in [5, 5.41) is 3.27. The fraction of sp³-hybridized carbons (Fsp3) is 0.333. The van der Waals surface area contributed by atoms with Crippen molar-refractivity contribution in [2.45, 2.75) is 51.2 Å². The third-order valence-corrected chi connectivity index (χ3v) is 6.04. The van der Waals surface area contributed by atoms with E-state index < -0.39 is 6.04 Å². The number of allylic oxidation sites excluding steroid dienone is 1. The van der Waals surface area contributed by atoms with Crippen LogP contribution in [0.5, 0.6) is 0 Å². The van der Waals surface area contributed by atoms with Crippen molar-refractivity contribution < 1.29 is 13.9 Å². The largest absolute Gasteiger partial charge is 0.459 e. The van der Waals surface area contributed by atoms with E-state index in [2.05, 4.69) is 10.3 Å². The number of ether oxygens (including phenoxy) is 1. The number of carbonyl (C=O) groups excluding carboxylic acids is 1. The van der Waals surface area contributed by atoms with Crippen LogP contribution in [0.15, 0.2) is 59.8 Å². The molecule has 6 heteroatoms. The van der Waals surface area contributed by atoms with E-state index in [1.54, 1.807) is 6.07 Å². The molecule has 0 amide bonds. The number of carbonyl (C=O) groups is 1. The number of benzene rings is 2. The Balaban J connectivity index is 1.63. The molecule has 1 aliphatic heterocycles. The van der Waals surface area contributed by atoms with Gasteiger partial charge in [0, 0.05) is 5.70 Å². The summed E-state index contributed by atoms with van der Waals surface area (Å²) < 4.78 is 22.1. The van der Waals surface area contributed by atoms with Gasteiger partial charge in [0.25, 0.3) is 0 Å². The molecule has 2 heterocycles. The molecule has 154 valence electrons. The molecule has 1 saturated carbocycles. The zero-order chi connectivity index (χ0) is 20.7. The van der Waals surface area contributed by atoms with Gasteiger partial charge in [-0.3, -0.25) is 4.57 Å². The number of esters is 1. The number of hydrogen-bond acceptors (Lipinski definition) is 4. The average Bonchev–Trinajstić information content (AvgIpc) is 3.11. The van der Waals surface area contributed by atoms with Crippen LogP contribution in [0.2, 0.25) is 0 Å². The van der Waals surface area contributed by atoms with Gasteiger partial charge in [0.15, 0.2) is 0 Å². The Labute approximate surface area is 174 Å². The van der Waals surface area contributed by atoms with Crippen molar-refractivity contribution in [1.29, 1.82) is 0 Å². The van der Waals surface area contributed by atoms with Gasteiger partial charge < -0.3 is 10.1 Å². The smallest absolute Gasteiger partial charge is 0.338 e. The van der Waals surface area contributed by atoms with E-state index in [9.17, 15) is 9.18 Å². The van der Waals surface area contributed by atoms with Crippen molar-refractivity contribution in [3.05, 3.63) is 71.2 Å². The summed E-state index contributed by atoms with van der Waals surface area (Å²) in [7, 11) is 0. The minimum atomic E-state index is -0.513. The molecule has 5 rings (SSSR count). The van der Waals surface area contributed by atoms with Crippen molar-refractivity contribution in [1.82, 2.24) is 9.55 Å². The Hall–Kier alpha value is -3.15. The molecule has 0 bridgehead atoms. The molecule has 0 saturated heterocycles. The summed E-state index contributed by atoms with van der Waals surface area (Å²) in [6, 6.07) is 13.7. The molecule has 0 spiro atoms. The van der Waals surface area contributed by atoms with E-state index in [0.29, 0.717) is 22.8 Å². The molecule has 30 heavy (non-hydrogen) atoms. The van der Waals surface area contributed by atoms with Crippen LogP contribution in [-0.4, -0.2) is 21.6 Å². The first-order valence-electron chi connectivity index (χ1n) is 10.5. The predicted molar refractivity (Wildman–Crippen MR) is 114 cm³/mol. The lowest BCUT2D eigenvalue weighted by Crippen LogP contribution is -2.31. The number of imidazole rings is 1. The second kappa shape index (κ2) is 7.59. The zero-order valence-electron chi connectivity index (χ0n) is 16.9. The van der Waals surface area contributed by atoms with Gasteiger partial charge in [-0.1, -0.05) is 30.7 Å². The van der Waals surface area contributed by atoms with E-state index in [1.165, 1.54) is 18.6 Å². The lowest BCUT2D eigenvalue weighted by molar-refractivity contribution is -0.146. The van der Waals surface area contributed by atoms with Crippen molar-refractivity contribution in [2.75, 3.05) is 5.32 Å². The molecule has 1 aromatic heterocycles. The van der Waals surface area contributed by atoms with Gasteiger partial charge in [0.2, 0.25) is 5.95 Å². The lowest BCUT2D eigenvalue weighted by Gasteiger charge is -2.31. The first kappa shape index (κ1) is 18.9. The van der Waals surface area contributed by atoms with Crippen LogP contribution in [-0.2, 0) is 9.53 Å². The highest BCUT2D eigenvalue weighted by Crippen LogP contribution is 2.40. The molecule has 3 aromatic rings. The van der Waals surface area contributed by atoms with E-state index >= 15 is 0 Å². The fourth-order valence-electron chi connectivity index (χ4n) is 4.62. The van der Waals surface area contributed by atoms with Gasteiger partial charge in [0.1, 0.15) is 11.9 Å². The normalized spacial score (nSPS) is 19.5.